The predicted octanol–water partition coefficient (Wildman–Crippen LogP) is 3.02. The highest BCUT2D eigenvalue weighted by Gasteiger charge is 2.10. The molecule has 0 saturated heterocycles. The van der Waals surface area contributed by atoms with E-state index in [1.165, 1.54) is 5.56 Å². The van der Waals surface area contributed by atoms with Gasteiger partial charge in [-0.3, -0.25) is 4.99 Å². The second kappa shape index (κ2) is 9.40. The van der Waals surface area contributed by atoms with Crippen LogP contribution in [0, 0.1) is 11.8 Å². The van der Waals surface area contributed by atoms with Crippen LogP contribution in [-0.2, 0) is 6.42 Å². The van der Waals surface area contributed by atoms with E-state index in [2.05, 4.69) is 43.2 Å². The number of aliphatic imine (C=N–C) groups is 1. The second-order valence-corrected chi connectivity index (χ2v) is 5.91. The van der Waals surface area contributed by atoms with E-state index >= 15 is 0 Å². The van der Waals surface area contributed by atoms with Gasteiger partial charge in [0.1, 0.15) is 0 Å². The zero-order valence-corrected chi connectivity index (χ0v) is 13.5. The van der Waals surface area contributed by atoms with Crippen molar-refractivity contribution < 1.29 is 5.11 Å². The van der Waals surface area contributed by atoms with Crippen LogP contribution in [0.2, 0.25) is 0 Å². The molecule has 4 N–H and O–H groups in total. The van der Waals surface area contributed by atoms with Crippen LogP contribution < -0.4 is 11.1 Å². The summed E-state index contributed by atoms with van der Waals surface area (Å²) in [6.07, 6.45) is 2.84. The van der Waals surface area contributed by atoms with E-state index < -0.39 is 0 Å². The third-order valence-corrected chi connectivity index (χ3v) is 3.47. The van der Waals surface area contributed by atoms with E-state index in [0.29, 0.717) is 24.3 Å². The van der Waals surface area contributed by atoms with Crippen LogP contribution >= 0.6 is 0 Å². The molecule has 0 aliphatic heterocycles. The molecule has 1 unspecified atom stereocenters. The van der Waals surface area contributed by atoms with Crippen molar-refractivity contribution in [1.29, 1.82) is 0 Å². The summed E-state index contributed by atoms with van der Waals surface area (Å²) in [5, 5.41) is 12.2. The molecule has 1 aromatic carbocycles. The largest absolute Gasteiger partial charge is 0.396 e. The predicted molar refractivity (Wildman–Crippen MR) is 90.6 cm³/mol. The van der Waals surface area contributed by atoms with Crippen molar-refractivity contribution in [2.45, 2.75) is 40.0 Å². The van der Waals surface area contributed by atoms with Gasteiger partial charge in [-0.25, -0.2) is 0 Å². The van der Waals surface area contributed by atoms with Crippen LogP contribution in [0.15, 0.2) is 29.3 Å². The third-order valence-electron chi connectivity index (χ3n) is 3.47. The Morgan fingerprint density at radius 3 is 2.76 bits per heavy atom. The molecule has 1 atom stereocenters. The Balaban J connectivity index is 2.57. The molecule has 0 amide bonds. The minimum Gasteiger partial charge on any atom is -0.396 e. The maximum atomic E-state index is 9.11. The van der Waals surface area contributed by atoms with Gasteiger partial charge in [-0.1, -0.05) is 32.9 Å². The lowest BCUT2D eigenvalue weighted by Crippen LogP contribution is -2.24. The standard InChI is InChI=1S/C17H29N3O/c1-4-14-6-5-7-16(11-14)20-17(18)19-12-15(8-9-21)10-13(2)3/h5-7,11,13,15,21H,4,8-10,12H2,1-3H3,(H3,18,19,20). The zero-order valence-electron chi connectivity index (χ0n) is 13.5. The fourth-order valence-corrected chi connectivity index (χ4v) is 2.42. The number of rotatable bonds is 8. The Morgan fingerprint density at radius 2 is 2.14 bits per heavy atom. The van der Waals surface area contributed by atoms with Gasteiger partial charge in [0.05, 0.1) is 0 Å². The number of hydrogen-bond donors (Lipinski definition) is 3. The smallest absolute Gasteiger partial charge is 0.193 e. The van der Waals surface area contributed by atoms with Crippen LogP contribution in [-0.4, -0.2) is 24.2 Å². The van der Waals surface area contributed by atoms with Crippen LogP contribution in [0.3, 0.4) is 0 Å². The minimum atomic E-state index is 0.207. The fourth-order valence-electron chi connectivity index (χ4n) is 2.42. The molecule has 4 heteroatoms. The Bertz CT molecular complexity index is 443. The molecule has 1 rings (SSSR count). The van der Waals surface area contributed by atoms with Gasteiger partial charge < -0.3 is 16.2 Å². The first-order valence-electron chi connectivity index (χ1n) is 7.81. The molecular formula is C17H29N3O. The first-order chi connectivity index (χ1) is 10.0. The lowest BCUT2D eigenvalue weighted by molar-refractivity contribution is 0.246. The molecule has 0 radical (unpaired) electrons. The lowest BCUT2D eigenvalue weighted by atomic mass is 9.94. The first kappa shape index (κ1) is 17.5. The monoisotopic (exact) mass is 291 g/mol. The van der Waals surface area contributed by atoms with Crippen molar-refractivity contribution in [1.82, 2.24) is 0 Å². The normalized spacial score (nSPS) is 13.5. The highest BCUT2D eigenvalue weighted by molar-refractivity contribution is 5.92. The quantitative estimate of drug-likeness (QED) is 0.509. The van der Waals surface area contributed by atoms with Crippen molar-refractivity contribution in [2.75, 3.05) is 18.5 Å². The van der Waals surface area contributed by atoms with Crippen LogP contribution in [0.25, 0.3) is 0 Å². The molecule has 1 aromatic rings. The molecule has 0 aliphatic carbocycles. The highest BCUT2D eigenvalue weighted by atomic mass is 16.3. The van der Waals surface area contributed by atoms with Gasteiger partial charge in [-0.15, -0.1) is 0 Å². The van der Waals surface area contributed by atoms with E-state index in [1.54, 1.807) is 0 Å². The van der Waals surface area contributed by atoms with Gasteiger partial charge in [0.25, 0.3) is 0 Å². The van der Waals surface area contributed by atoms with Crippen molar-refractivity contribution in [3.05, 3.63) is 29.8 Å². The molecule has 21 heavy (non-hydrogen) atoms. The number of benzene rings is 1. The van der Waals surface area contributed by atoms with Gasteiger partial charge in [0.15, 0.2) is 5.96 Å². The van der Waals surface area contributed by atoms with Gasteiger partial charge >= 0.3 is 0 Å². The van der Waals surface area contributed by atoms with E-state index in [-0.39, 0.29) is 6.61 Å². The maximum absolute atomic E-state index is 9.11. The summed E-state index contributed by atoms with van der Waals surface area (Å²) in [6.45, 7) is 7.36. The number of guanidine groups is 1. The molecule has 0 fully saturated rings. The van der Waals surface area contributed by atoms with Gasteiger partial charge in [-0.05, 0) is 48.8 Å². The van der Waals surface area contributed by atoms with Crippen LogP contribution in [0.4, 0.5) is 5.69 Å². The third kappa shape index (κ3) is 7.14. The molecule has 0 saturated carbocycles. The number of nitrogens with zero attached hydrogens (tertiary/aromatic N) is 1. The molecule has 0 aromatic heterocycles. The summed E-state index contributed by atoms with van der Waals surface area (Å²) in [5.41, 5.74) is 8.19. The molecule has 0 aliphatic rings. The Labute approximate surface area is 128 Å². The van der Waals surface area contributed by atoms with Crippen molar-refractivity contribution >= 4 is 11.6 Å². The SMILES string of the molecule is CCc1cccc(NC(N)=NCC(CCO)CC(C)C)c1. The Kier molecular flexibility index (Phi) is 7.83. The fraction of sp³-hybridized carbons (Fsp3) is 0.588. The van der Waals surface area contributed by atoms with Crippen molar-refractivity contribution in [3.63, 3.8) is 0 Å². The minimum absolute atomic E-state index is 0.207. The summed E-state index contributed by atoms with van der Waals surface area (Å²) in [5.74, 6) is 1.43. The van der Waals surface area contributed by atoms with Gasteiger partial charge in [0, 0.05) is 18.8 Å². The summed E-state index contributed by atoms with van der Waals surface area (Å²) < 4.78 is 0. The summed E-state index contributed by atoms with van der Waals surface area (Å²) in [4.78, 5) is 4.42. The number of nitrogens with one attached hydrogen (secondary N) is 1. The molecule has 0 bridgehead atoms. The van der Waals surface area contributed by atoms with E-state index in [9.17, 15) is 0 Å². The average molecular weight is 291 g/mol. The summed E-state index contributed by atoms with van der Waals surface area (Å²) in [6, 6.07) is 8.18. The Hall–Kier alpha value is -1.55. The number of hydrogen-bond acceptors (Lipinski definition) is 2. The number of aryl methyl sites for hydroxylation is 1. The molecule has 4 nitrogen and oxygen atoms in total. The van der Waals surface area contributed by atoms with Gasteiger partial charge in [0.2, 0.25) is 0 Å². The number of anilines is 1. The van der Waals surface area contributed by atoms with Crippen LogP contribution in [0.1, 0.15) is 39.2 Å². The average Bonchev–Trinajstić information content (AvgIpc) is 2.44. The first-order valence-corrected chi connectivity index (χ1v) is 7.81. The molecule has 0 heterocycles. The highest BCUT2D eigenvalue weighted by Crippen LogP contribution is 2.16. The molecular weight excluding hydrogens is 262 g/mol. The Morgan fingerprint density at radius 1 is 1.38 bits per heavy atom. The van der Waals surface area contributed by atoms with E-state index in [4.69, 9.17) is 10.8 Å². The van der Waals surface area contributed by atoms with Gasteiger partial charge in [-0.2, -0.15) is 0 Å². The van der Waals surface area contributed by atoms with E-state index in [1.807, 2.05) is 12.1 Å². The number of nitrogens with two attached hydrogens (primary N) is 1. The van der Waals surface area contributed by atoms with Crippen LogP contribution in [0.5, 0.6) is 0 Å². The van der Waals surface area contributed by atoms with Crippen molar-refractivity contribution in [3.8, 4) is 0 Å². The summed E-state index contributed by atoms with van der Waals surface area (Å²) >= 11 is 0. The summed E-state index contributed by atoms with van der Waals surface area (Å²) in [7, 11) is 0. The van der Waals surface area contributed by atoms with E-state index in [0.717, 1.165) is 24.9 Å². The number of aliphatic hydroxyl groups excluding tert-OH is 1. The number of aliphatic hydroxyl groups is 1. The maximum Gasteiger partial charge on any atom is 0.193 e. The zero-order chi connectivity index (χ0) is 15.7. The van der Waals surface area contributed by atoms with Crippen molar-refractivity contribution in [2.24, 2.45) is 22.6 Å². The molecule has 118 valence electrons. The molecule has 0 spiro atoms. The second-order valence-electron chi connectivity index (χ2n) is 5.91. The lowest BCUT2D eigenvalue weighted by Gasteiger charge is -2.16. The topological polar surface area (TPSA) is 70.6 Å².